The number of hydrogen-bond donors (Lipinski definition) is 1. The number of hydrogen-bond acceptors (Lipinski definition) is 5. The smallest absolute Gasteiger partial charge is 0.267 e. The zero-order valence-corrected chi connectivity index (χ0v) is 15.0. The van der Waals surface area contributed by atoms with Gasteiger partial charge in [0.25, 0.3) is 5.91 Å². The Hall–Kier alpha value is -3.85. The summed E-state index contributed by atoms with van der Waals surface area (Å²) in [7, 11) is 0. The van der Waals surface area contributed by atoms with E-state index in [1.807, 2.05) is 48.5 Å². The second-order valence-corrected chi connectivity index (χ2v) is 6.45. The molecule has 4 rings (SSSR count). The van der Waals surface area contributed by atoms with Crippen LogP contribution in [0.15, 0.2) is 60.8 Å². The molecule has 6 heteroatoms. The SMILES string of the molecule is N#Cc1cc(O)c(C(=O)N2CCc3cccnc32)c(OCc2ccccc2)c1. The van der Waals surface area contributed by atoms with Crippen LogP contribution in [0.3, 0.4) is 0 Å². The number of ether oxygens (including phenoxy) is 1. The number of nitriles is 1. The molecule has 0 fully saturated rings. The van der Waals surface area contributed by atoms with Gasteiger partial charge < -0.3 is 9.84 Å². The number of aromatic hydroxyl groups is 1. The van der Waals surface area contributed by atoms with Crippen molar-refractivity contribution >= 4 is 11.7 Å². The lowest BCUT2D eigenvalue weighted by molar-refractivity contribution is 0.0981. The Bertz CT molecular complexity index is 1070. The number of aromatic nitrogens is 1. The normalized spacial score (nSPS) is 12.3. The Morgan fingerprint density at radius 3 is 2.82 bits per heavy atom. The number of rotatable bonds is 4. The van der Waals surface area contributed by atoms with Crippen molar-refractivity contribution in [2.45, 2.75) is 13.0 Å². The minimum absolute atomic E-state index is 0.0356. The third-order valence-electron chi connectivity index (χ3n) is 4.63. The van der Waals surface area contributed by atoms with Gasteiger partial charge in [0.15, 0.2) is 0 Å². The van der Waals surface area contributed by atoms with E-state index in [0.717, 1.165) is 11.1 Å². The highest BCUT2D eigenvalue weighted by Gasteiger charge is 2.31. The summed E-state index contributed by atoms with van der Waals surface area (Å²) >= 11 is 0. The van der Waals surface area contributed by atoms with Crippen LogP contribution in [0.25, 0.3) is 0 Å². The summed E-state index contributed by atoms with van der Waals surface area (Å²) in [5.41, 5.74) is 2.15. The molecule has 0 radical (unpaired) electrons. The number of nitrogens with zero attached hydrogens (tertiary/aromatic N) is 3. The van der Waals surface area contributed by atoms with Gasteiger partial charge in [-0.15, -0.1) is 0 Å². The van der Waals surface area contributed by atoms with Crippen LogP contribution in [0.2, 0.25) is 0 Å². The molecule has 0 spiro atoms. The van der Waals surface area contributed by atoms with Crippen molar-refractivity contribution in [2.75, 3.05) is 11.4 Å². The van der Waals surface area contributed by atoms with Crippen LogP contribution in [0.1, 0.15) is 27.0 Å². The first-order valence-electron chi connectivity index (χ1n) is 8.87. The summed E-state index contributed by atoms with van der Waals surface area (Å²) in [5.74, 6) is 0.0825. The molecule has 0 unspecified atom stereocenters. The van der Waals surface area contributed by atoms with E-state index in [0.29, 0.717) is 18.8 Å². The van der Waals surface area contributed by atoms with Gasteiger partial charge in [-0.2, -0.15) is 5.26 Å². The monoisotopic (exact) mass is 371 g/mol. The molecule has 0 saturated carbocycles. The summed E-state index contributed by atoms with van der Waals surface area (Å²) in [4.78, 5) is 19.1. The summed E-state index contributed by atoms with van der Waals surface area (Å²) in [6, 6.07) is 18.0. The van der Waals surface area contributed by atoms with E-state index in [2.05, 4.69) is 4.98 Å². The van der Waals surface area contributed by atoms with Crippen molar-refractivity contribution in [1.82, 2.24) is 4.98 Å². The Labute approximate surface area is 162 Å². The molecule has 2 heterocycles. The molecule has 3 aromatic rings. The predicted molar refractivity (Wildman–Crippen MR) is 103 cm³/mol. The van der Waals surface area contributed by atoms with E-state index < -0.39 is 5.91 Å². The second-order valence-electron chi connectivity index (χ2n) is 6.45. The number of benzene rings is 2. The summed E-state index contributed by atoms with van der Waals surface area (Å²) in [5, 5.41) is 19.7. The number of pyridine rings is 1. The zero-order chi connectivity index (χ0) is 19.5. The van der Waals surface area contributed by atoms with Crippen molar-refractivity contribution in [3.8, 4) is 17.6 Å². The summed E-state index contributed by atoms with van der Waals surface area (Å²) in [6.45, 7) is 0.688. The van der Waals surface area contributed by atoms with Crippen LogP contribution in [0.4, 0.5) is 5.82 Å². The maximum absolute atomic E-state index is 13.2. The third kappa shape index (κ3) is 3.26. The van der Waals surface area contributed by atoms with Gasteiger partial charge in [0.05, 0.1) is 11.6 Å². The van der Waals surface area contributed by atoms with E-state index >= 15 is 0 Å². The number of phenols is 1. The van der Waals surface area contributed by atoms with Crippen LogP contribution >= 0.6 is 0 Å². The topological polar surface area (TPSA) is 86.5 Å². The molecular weight excluding hydrogens is 354 g/mol. The van der Waals surface area contributed by atoms with Crippen LogP contribution in [0, 0.1) is 11.3 Å². The van der Waals surface area contributed by atoms with Crippen LogP contribution < -0.4 is 9.64 Å². The van der Waals surface area contributed by atoms with Gasteiger partial charge in [0.1, 0.15) is 29.5 Å². The quantitative estimate of drug-likeness (QED) is 0.759. The van der Waals surface area contributed by atoms with Gasteiger partial charge in [-0.3, -0.25) is 9.69 Å². The van der Waals surface area contributed by atoms with Gasteiger partial charge in [-0.05, 0) is 35.7 Å². The largest absolute Gasteiger partial charge is 0.507 e. The van der Waals surface area contributed by atoms with E-state index in [1.165, 1.54) is 17.0 Å². The molecule has 1 N–H and O–H groups in total. The van der Waals surface area contributed by atoms with Crippen molar-refractivity contribution in [1.29, 1.82) is 5.26 Å². The fourth-order valence-electron chi connectivity index (χ4n) is 3.27. The number of carbonyl (C=O) groups excluding carboxylic acids is 1. The van der Waals surface area contributed by atoms with Crippen molar-refractivity contribution < 1.29 is 14.6 Å². The molecule has 0 saturated heterocycles. The second kappa shape index (κ2) is 7.41. The van der Waals surface area contributed by atoms with Gasteiger partial charge in [-0.1, -0.05) is 36.4 Å². The minimum atomic E-state index is -0.400. The molecule has 1 aliphatic heterocycles. The standard InChI is InChI=1S/C22H17N3O3/c23-13-16-11-18(26)20(19(12-16)28-14-15-5-2-1-3-6-15)22(27)25-10-8-17-7-4-9-24-21(17)25/h1-7,9,11-12,26H,8,10,14H2. The average Bonchev–Trinajstić information content (AvgIpc) is 3.16. The van der Waals surface area contributed by atoms with Crippen molar-refractivity contribution in [3.05, 3.63) is 83.0 Å². The molecule has 0 bridgehead atoms. The molecule has 6 nitrogen and oxygen atoms in total. The molecule has 2 aromatic carbocycles. The van der Waals surface area contributed by atoms with Gasteiger partial charge in [-0.25, -0.2) is 4.98 Å². The number of carbonyl (C=O) groups is 1. The summed E-state index contributed by atoms with van der Waals surface area (Å²) in [6.07, 6.45) is 2.34. The first-order valence-corrected chi connectivity index (χ1v) is 8.87. The zero-order valence-electron chi connectivity index (χ0n) is 15.0. The molecule has 0 atom stereocenters. The van der Waals surface area contributed by atoms with Crippen LogP contribution in [0.5, 0.6) is 11.5 Å². The summed E-state index contributed by atoms with van der Waals surface area (Å²) < 4.78 is 5.84. The lowest BCUT2D eigenvalue weighted by Gasteiger charge is -2.19. The highest BCUT2D eigenvalue weighted by Crippen LogP contribution is 2.35. The fraction of sp³-hybridized carbons (Fsp3) is 0.136. The molecule has 1 aliphatic rings. The Kier molecular flexibility index (Phi) is 4.65. The number of anilines is 1. The average molecular weight is 371 g/mol. The highest BCUT2D eigenvalue weighted by atomic mass is 16.5. The fourth-order valence-corrected chi connectivity index (χ4v) is 3.27. The van der Waals surface area contributed by atoms with E-state index in [-0.39, 0.29) is 29.2 Å². The molecule has 28 heavy (non-hydrogen) atoms. The van der Waals surface area contributed by atoms with Crippen LogP contribution in [-0.4, -0.2) is 22.5 Å². The van der Waals surface area contributed by atoms with Crippen molar-refractivity contribution in [3.63, 3.8) is 0 Å². The van der Waals surface area contributed by atoms with E-state index in [4.69, 9.17) is 4.74 Å². The first kappa shape index (κ1) is 17.6. The number of fused-ring (bicyclic) bond motifs is 1. The molecule has 1 amide bonds. The highest BCUT2D eigenvalue weighted by molar-refractivity contribution is 6.10. The molecule has 0 aliphatic carbocycles. The molecule has 138 valence electrons. The molecular formula is C22H17N3O3. The van der Waals surface area contributed by atoms with Gasteiger partial charge in [0, 0.05) is 12.7 Å². The Balaban J connectivity index is 1.70. The lowest BCUT2D eigenvalue weighted by atomic mass is 10.1. The Morgan fingerprint density at radius 1 is 1.21 bits per heavy atom. The Morgan fingerprint density at radius 2 is 2.04 bits per heavy atom. The maximum Gasteiger partial charge on any atom is 0.267 e. The van der Waals surface area contributed by atoms with E-state index in [1.54, 1.807) is 6.20 Å². The minimum Gasteiger partial charge on any atom is -0.507 e. The third-order valence-corrected chi connectivity index (χ3v) is 4.63. The van der Waals surface area contributed by atoms with E-state index in [9.17, 15) is 15.2 Å². The first-order chi connectivity index (χ1) is 13.7. The predicted octanol–water partition coefficient (Wildman–Crippen LogP) is 3.44. The lowest BCUT2D eigenvalue weighted by Crippen LogP contribution is -2.30. The number of amides is 1. The van der Waals surface area contributed by atoms with Crippen molar-refractivity contribution in [2.24, 2.45) is 0 Å². The maximum atomic E-state index is 13.2. The number of phenolic OH excluding ortho intramolecular Hbond substituents is 1. The molecule has 1 aromatic heterocycles. The van der Waals surface area contributed by atoms with Gasteiger partial charge in [0.2, 0.25) is 0 Å². The van der Waals surface area contributed by atoms with Crippen LogP contribution in [-0.2, 0) is 13.0 Å². The van der Waals surface area contributed by atoms with Gasteiger partial charge >= 0.3 is 0 Å².